The molecule has 7 heteroatoms. The van der Waals surface area contributed by atoms with Crippen LogP contribution in [0.2, 0.25) is 0 Å². The Bertz CT molecular complexity index is 488. The van der Waals surface area contributed by atoms with Crippen molar-refractivity contribution in [2.24, 2.45) is 0 Å². The highest BCUT2D eigenvalue weighted by Crippen LogP contribution is 2.22. The maximum atomic E-state index is 11.7. The summed E-state index contributed by atoms with van der Waals surface area (Å²) < 4.78 is 15.1. The number of carbonyl (C=O) groups excluding carboxylic acids is 1. The second-order valence-corrected chi connectivity index (χ2v) is 4.01. The van der Waals surface area contributed by atoms with Crippen LogP contribution in [0.25, 0.3) is 0 Å². The number of hydrogen-bond acceptors (Lipinski definition) is 5. The average molecular weight is 297 g/mol. The number of amides is 1. The van der Waals surface area contributed by atoms with Gasteiger partial charge in [0.15, 0.2) is 0 Å². The molecule has 0 aliphatic rings. The molecule has 0 aromatic heterocycles. The molecule has 0 radical (unpaired) electrons. The lowest BCUT2D eigenvalue weighted by atomic mass is 10.1. The Balaban J connectivity index is 2.57. The molecule has 0 bridgehead atoms. The first-order valence-corrected chi connectivity index (χ1v) is 6.45. The van der Waals surface area contributed by atoms with Crippen LogP contribution in [0.4, 0.5) is 5.69 Å². The number of carbonyl (C=O) groups is 2. The summed E-state index contributed by atoms with van der Waals surface area (Å²) in [7, 11) is 1.44. The zero-order chi connectivity index (χ0) is 15.7. The summed E-state index contributed by atoms with van der Waals surface area (Å²) in [5, 5.41) is 11.6. The van der Waals surface area contributed by atoms with Gasteiger partial charge in [-0.2, -0.15) is 0 Å². The third kappa shape index (κ3) is 5.80. The number of carboxylic acids is 1. The van der Waals surface area contributed by atoms with Gasteiger partial charge in [-0.25, -0.2) is 4.79 Å². The van der Waals surface area contributed by atoms with Gasteiger partial charge in [0.2, 0.25) is 5.91 Å². The van der Waals surface area contributed by atoms with E-state index in [9.17, 15) is 9.59 Å². The molecule has 7 nitrogen and oxygen atoms in total. The van der Waals surface area contributed by atoms with Crippen LogP contribution < -0.4 is 10.1 Å². The van der Waals surface area contributed by atoms with Gasteiger partial charge in [0.1, 0.15) is 12.4 Å². The van der Waals surface area contributed by atoms with Crippen LogP contribution >= 0.6 is 0 Å². The third-order valence-electron chi connectivity index (χ3n) is 2.54. The van der Waals surface area contributed by atoms with Gasteiger partial charge >= 0.3 is 5.97 Å². The fraction of sp³-hybridized carbons (Fsp3) is 0.429. The van der Waals surface area contributed by atoms with Crippen LogP contribution in [0, 0.1) is 0 Å². The van der Waals surface area contributed by atoms with Crippen molar-refractivity contribution in [1.29, 1.82) is 0 Å². The van der Waals surface area contributed by atoms with Crippen LogP contribution in [0.5, 0.6) is 5.75 Å². The fourth-order valence-electron chi connectivity index (χ4n) is 1.55. The van der Waals surface area contributed by atoms with Crippen molar-refractivity contribution in [3.8, 4) is 5.75 Å². The summed E-state index contributed by atoms with van der Waals surface area (Å²) in [6.45, 7) is 2.99. The fourth-order valence-corrected chi connectivity index (χ4v) is 1.55. The lowest BCUT2D eigenvalue weighted by Gasteiger charge is -2.10. The molecule has 0 heterocycles. The van der Waals surface area contributed by atoms with Crippen LogP contribution in [-0.2, 0) is 14.3 Å². The van der Waals surface area contributed by atoms with Gasteiger partial charge in [-0.15, -0.1) is 0 Å². The molecule has 0 fully saturated rings. The van der Waals surface area contributed by atoms with Gasteiger partial charge in [0.25, 0.3) is 0 Å². The van der Waals surface area contributed by atoms with E-state index in [0.29, 0.717) is 25.6 Å². The maximum absolute atomic E-state index is 11.7. The summed E-state index contributed by atoms with van der Waals surface area (Å²) in [4.78, 5) is 22.8. The van der Waals surface area contributed by atoms with Crippen LogP contribution in [0.1, 0.15) is 17.3 Å². The Morgan fingerprint density at radius 3 is 2.57 bits per heavy atom. The molecule has 1 aromatic carbocycles. The molecule has 0 aliphatic heterocycles. The second kappa shape index (κ2) is 8.93. The summed E-state index contributed by atoms with van der Waals surface area (Å²) in [6, 6.07) is 4.38. The predicted octanol–water partition coefficient (Wildman–Crippen LogP) is 1.38. The average Bonchev–Trinajstić information content (AvgIpc) is 2.47. The molecule has 1 rings (SSSR count). The Morgan fingerprint density at radius 2 is 1.95 bits per heavy atom. The molecule has 2 N–H and O–H groups in total. The summed E-state index contributed by atoms with van der Waals surface area (Å²) in [6.07, 6.45) is 0. The SMILES string of the molecule is CCOCCOCC(=O)Nc1ccc(OC)cc1C(=O)O. The quantitative estimate of drug-likeness (QED) is 0.669. The molecule has 1 aromatic rings. The molecular formula is C14H19NO6. The van der Waals surface area contributed by atoms with E-state index in [1.807, 2.05) is 6.92 Å². The van der Waals surface area contributed by atoms with Crippen molar-refractivity contribution in [1.82, 2.24) is 0 Å². The minimum absolute atomic E-state index is 0.0444. The number of aromatic carboxylic acids is 1. The molecule has 21 heavy (non-hydrogen) atoms. The molecule has 1 amide bonds. The zero-order valence-electron chi connectivity index (χ0n) is 12.0. The smallest absolute Gasteiger partial charge is 0.337 e. The Kier molecular flexibility index (Phi) is 7.20. The topological polar surface area (TPSA) is 94.1 Å². The van der Waals surface area contributed by atoms with E-state index >= 15 is 0 Å². The molecule has 116 valence electrons. The number of methoxy groups -OCH3 is 1. The molecule has 0 atom stereocenters. The Labute approximate surface area is 122 Å². The Hall–Kier alpha value is -2.12. The molecule has 0 unspecified atom stereocenters. The number of ether oxygens (including phenoxy) is 3. The van der Waals surface area contributed by atoms with Crippen LogP contribution in [0.3, 0.4) is 0 Å². The summed E-state index contributed by atoms with van der Waals surface area (Å²) in [5.74, 6) is -1.18. The summed E-state index contributed by atoms with van der Waals surface area (Å²) in [5.41, 5.74) is 0.152. The standard InChI is InChI=1S/C14H19NO6/c1-3-20-6-7-21-9-13(16)15-12-5-4-10(19-2)8-11(12)14(17)18/h4-5,8H,3,6-7,9H2,1-2H3,(H,15,16)(H,17,18). The van der Waals surface area contributed by atoms with E-state index in [1.54, 1.807) is 6.07 Å². The van der Waals surface area contributed by atoms with Crippen molar-refractivity contribution in [2.45, 2.75) is 6.92 Å². The molecular weight excluding hydrogens is 278 g/mol. The minimum Gasteiger partial charge on any atom is -0.497 e. The van der Waals surface area contributed by atoms with Crippen molar-refractivity contribution >= 4 is 17.6 Å². The molecule has 0 aliphatic carbocycles. The number of carboxylic acid groups (broad SMARTS) is 1. The number of hydrogen-bond donors (Lipinski definition) is 2. The van der Waals surface area contributed by atoms with E-state index < -0.39 is 11.9 Å². The first-order chi connectivity index (χ1) is 10.1. The second-order valence-electron chi connectivity index (χ2n) is 4.01. The highest BCUT2D eigenvalue weighted by molar-refractivity contribution is 6.01. The largest absolute Gasteiger partial charge is 0.497 e. The first-order valence-electron chi connectivity index (χ1n) is 6.45. The van der Waals surface area contributed by atoms with Crippen molar-refractivity contribution in [3.63, 3.8) is 0 Å². The number of nitrogens with one attached hydrogen (secondary N) is 1. The molecule has 0 spiro atoms. The van der Waals surface area contributed by atoms with Crippen LogP contribution in [0.15, 0.2) is 18.2 Å². The van der Waals surface area contributed by atoms with Crippen LogP contribution in [-0.4, -0.2) is 50.5 Å². The van der Waals surface area contributed by atoms with Gasteiger partial charge < -0.3 is 24.6 Å². The molecule has 0 saturated heterocycles. The van der Waals surface area contributed by atoms with Crippen molar-refractivity contribution in [2.75, 3.05) is 38.9 Å². The monoisotopic (exact) mass is 297 g/mol. The Morgan fingerprint density at radius 1 is 1.24 bits per heavy atom. The lowest BCUT2D eigenvalue weighted by molar-refractivity contribution is -0.121. The number of anilines is 1. The first kappa shape index (κ1) is 16.9. The highest BCUT2D eigenvalue weighted by Gasteiger charge is 2.13. The van der Waals surface area contributed by atoms with Gasteiger partial charge in [0.05, 0.1) is 31.6 Å². The van der Waals surface area contributed by atoms with Gasteiger partial charge in [-0.1, -0.05) is 0 Å². The van der Waals surface area contributed by atoms with Crippen molar-refractivity contribution < 1.29 is 28.9 Å². The van der Waals surface area contributed by atoms with Gasteiger partial charge in [-0.3, -0.25) is 4.79 Å². The maximum Gasteiger partial charge on any atom is 0.337 e. The predicted molar refractivity (Wildman–Crippen MR) is 75.9 cm³/mol. The zero-order valence-corrected chi connectivity index (χ0v) is 12.0. The lowest BCUT2D eigenvalue weighted by Crippen LogP contribution is -2.21. The van der Waals surface area contributed by atoms with Gasteiger partial charge in [-0.05, 0) is 25.1 Å². The van der Waals surface area contributed by atoms with Gasteiger partial charge in [0, 0.05) is 6.61 Å². The van der Waals surface area contributed by atoms with Crippen molar-refractivity contribution in [3.05, 3.63) is 23.8 Å². The van der Waals surface area contributed by atoms with E-state index in [-0.39, 0.29) is 17.9 Å². The van der Waals surface area contributed by atoms with E-state index in [0.717, 1.165) is 0 Å². The normalized spacial score (nSPS) is 10.2. The highest BCUT2D eigenvalue weighted by atomic mass is 16.5. The third-order valence-corrected chi connectivity index (χ3v) is 2.54. The summed E-state index contributed by atoms with van der Waals surface area (Å²) >= 11 is 0. The van der Waals surface area contributed by atoms with E-state index in [4.69, 9.17) is 19.3 Å². The number of rotatable bonds is 9. The molecule has 0 saturated carbocycles. The van der Waals surface area contributed by atoms with E-state index in [2.05, 4.69) is 5.32 Å². The van der Waals surface area contributed by atoms with E-state index in [1.165, 1.54) is 19.2 Å². The minimum atomic E-state index is -1.15. The number of benzene rings is 1.